The lowest BCUT2D eigenvalue weighted by Crippen LogP contribution is -2.32. The third kappa shape index (κ3) is 3.59. The lowest BCUT2D eigenvalue weighted by Gasteiger charge is -2.02. The summed E-state index contributed by atoms with van der Waals surface area (Å²) in [6, 6.07) is 4.79. The maximum atomic E-state index is 10.6. The number of rotatable bonds is 5. The number of nitrogens with two attached hydrogens (primary N) is 1. The van der Waals surface area contributed by atoms with Crippen LogP contribution in [0.3, 0.4) is 0 Å². The molecule has 0 amide bonds. The minimum atomic E-state index is -1.05. The molecule has 19 heavy (non-hydrogen) atoms. The zero-order valence-electron chi connectivity index (χ0n) is 10.5. The highest BCUT2D eigenvalue weighted by molar-refractivity contribution is 5.73. The molecule has 0 aliphatic carbocycles. The largest absolute Gasteiger partial charge is 0.480 e. The van der Waals surface area contributed by atoms with E-state index in [9.17, 15) is 4.79 Å². The first-order valence-corrected chi connectivity index (χ1v) is 5.84. The van der Waals surface area contributed by atoms with Gasteiger partial charge in [0.2, 0.25) is 0 Å². The van der Waals surface area contributed by atoms with Gasteiger partial charge in [-0.25, -0.2) is 4.68 Å². The fourth-order valence-electron chi connectivity index (χ4n) is 1.68. The van der Waals surface area contributed by atoms with Crippen molar-refractivity contribution in [1.29, 1.82) is 0 Å². The van der Waals surface area contributed by atoms with Gasteiger partial charge in [-0.05, 0) is 19.1 Å². The van der Waals surface area contributed by atoms with Crippen LogP contribution in [0.5, 0.6) is 0 Å². The monoisotopic (exact) mass is 261 g/mol. The smallest absolute Gasteiger partial charge is 0.320 e. The number of carboxylic acids is 1. The van der Waals surface area contributed by atoms with Gasteiger partial charge >= 0.3 is 5.97 Å². The number of aliphatic carboxylic acids is 1. The fraction of sp³-hybridized carbons (Fsp3) is 0.333. The average molecular weight is 261 g/mol. The van der Waals surface area contributed by atoms with E-state index in [1.165, 1.54) is 0 Å². The van der Waals surface area contributed by atoms with Crippen LogP contribution < -0.4 is 5.73 Å². The Bertz CT molecular complexity index is 581. The summed E-state index contributed by atoms with van der Waals surface area (Å²) in [5.41, 5.74) is 7.81. The summed E-state index contributed by atoms with van der Waals surface area (Å²) in [5.74, 6) is -1.05. The van der Waals surface area contributed by atoms with Gasteiger partial charge in [-0.15, -0.1) is 5.10 Å². The van der Waals surface area contributed by atoms with Gasteiger partial charge in [0.1, 0.15) is 6.04 Å². The van der Waals surface area contributed by atoms with Crippen LogP contribution in [0.1, 0.15) is 17.1 Å². The summed E-state index contributed by atoms with van der Waals surface area (Å²) < 4.78 is 1.62. The molecule has 0 bridgehead atoms. The molecule has 1 atom stereocenters. The molecular formula is C12H15N5O2. The molecule has 2 aromatic rings. The number of hydrogen-bond donors (Lipinski definition) is 2. The van der Waals surface area contributed by atoms with Crippen molar-refractivity contribution in [3.05, 3.63) is 41.5 Å². The summed E-state index contributed by atoms with van der Waals surface area (Å²) in [6.07, 6.45) is 1.85. The van der Waals surface area contributed by atoms with Crippen molar-refractivity contribution in [3.63, 3.8) is 0 Å². The molecule has 7 heteroatoms. The highest BCUT2D eigenvalue weighted by atomic mass is 16.4. The predicted octanol–water partition coefficient (Wildman–Crippen LogP) is -0.0158. The van der Waals surface area contributed by atoms with E-state index in [0.717, 1.165) is 11.4 Å². The molecule has 2 heterocycles. The van der Waals surface area contributed by atoms with Crippen molar-refractivity contribution in [2.75, 3.05) is 0 Å². The van der Waals surface area contributed by atoms with Crippen molar-refractivity contribution < 1.29 is 9.90 Å². The Kier molecular flexibility index (Phi) is 3.86. The number of carboxylic acid groups (broad SMARTS) is 1. The highest BCUT2D eigenvalue weighted by Gasteiger charge is 2.14. The fourth-order valence-corrected chi connectivity index (χ4v) is 1.68. The molecule has 0 saturated carbocycles. The third-order valence-electron chi connectivity index (χ3n) is 2.60. The summed E-state index contributed by atoms with van der Waals surface area (Å²) in [7, 11) is 0. The number of carbonyl (C=O) groups is 1. The topological polar surface area (TPSA) is 107 Å². The molecule has 2 aromatic heterocycles. The minimum Gasteiger partial charge on any atom is -0.480 e. The Morgan fingerprint density at radius 2 is 2.26 bits per heavy atom. The van der Waals surface area contributed by atoms with Crippen molar-refractivity contribution in [1.82, 2.24) is 20.0 Å². The van der Waals surface area contributed by atoms with E-state index in [2.05, 4.69) is 15.3 Å². The van der Waals surface area contributed by atoms with E-state index in [4.69, 9.17) is 10.8 Å². The second-order valence-corrected chi connectivity index (χ2v) is 4.33. The Hall–Kier alpha value is -2.28. The van der Waals surface area contributed by atoms with Crippen molar-refractivity contribution in [3.8, 4) is 0 Å². The van der Waals surface area contributed by atoms with Crippen LogP contribution in [-0.2, 0) is 17.8 Å². The zero-order chi connectivity index (χ0) is 13.8. The first-order valence-electron chi connectivity index (χ1n) is 5.84. The predicted molar refractivity (Wildman–Crippen MR) is 67.4 cm³/mol. The van der Waals surface area contributed by atoms with Gasteiger partial charge in [-0.1, -0.05) is 11.3 Å². The van der Waals surface area contributed by atoms with Gasteiger partial charge in [-0.3, -0.25) is 9.78 Å². The second-order valence-electron chi connectivity index (χ2n) is 4.33. The summed E-state index contributed by atoms with van der Waals surface area (Å²) >= 11 is 0. The van der Waals surface area contributed by atoms with Crippen molar-refractivity contribution in [2.24, 2.45) is 5.73 Å². The lowest BCUT2D eigenvalue weighted by molar-refractivity contribution is -0.138. The van der Waals surface area contributed by atoms with Crippen LogP contribution in [0.15, 0.2) is 24.4 Å². The number of aryl methyl sites for hydroxylation is 1. The molecule has 100 valence electrons. The summed E-state index contributed by atoms with van der Waals surface area (Å²) in [6.45, 7) is 2.42. The molecule has 0 spiro atoms. The van der Waals surface area contributed by atoms with Crippen LogP contribution in [0.25, 0.3) is 0 Å². The van der Waals surface area contributed by atoms with E-state index in [0.29, 0.717) is 12.2 Å². The number of hydrogen-bond acceptors (Lipinski definition) is 5. The number of aromatic nitrogens is 4. The van der Waals surface area contributed by atoms with Gasteiger partial charge in [0, 0.05) is 18.3 Å². The maximum Gasteiger partial charge on any atom is 0.320 e. The molecule has 0 fully saturated rings. The van der Waals surface area contributed by atoms with Crippen LogP contribution in [0, 0.1) is 6.92 Å². The number of pyridine rings is 1. The lowest BCUT2D eigenvalue weighted by atomic mass is 10.2. The van der Waals surface area contributed by atoms with Crippen LogP contribution in [0.2, 0.25) is 0 Å². The normalized spacial score (nSPS) is 12.3. The Morgan fingerprint density at radius 1 is 1.47 bits per heavy atom. The molecule has 0 saturated heterocycles. The molecule has 0 aromatic carbocycles. The van der Waals surface area contributed by atoms with E-state index < -0.39 is 12.0 Å². The molecule has 2 rings (SSSR count). The maximum absolute atomic E-state index is 10.6. The van der Waals surface area contributed by atoms with Crippen molar-refractivity contribution in [2.45, 2.75) is 25.9 Å². The first kappa shape index (κ1) is 13.2. The molecule has 0 aliphatic rings. The van der Waals surface area contributed by atoms with E-state index in [1.807, 2.05) is 25.1 Å². The average Bonchev–Trinajstić information content (AvgIpc) is 2.76. The van der Waals surface area contributed by atoms with Crippen molar-refractivity contribution >= 4 is 5.97 Å². The number of nitrogens with zero attached hydrogens (tertiary/aromatic N) is 4. The van der Waals surface area contributed by atoms with Gasteiger partial charge in [-0.2, -0.15) is 0 Å². The zero-order valence-corrected chi connectivity index (χ0v) is 10.5. The SMILES string of the molecule is Cc1cccc(Cn2cc(CC(N)C(=O)O)nn2)n1. The quantitative estimate of drug-likeness (QED) is 0.783. The Morgan fingerprint density at radius 3 is 2.95 bits per heavy atom. The molecule has 3 N–H and O–H groups in total. The minimum absolute atomic E-state index is 0.163. The molecule has 7 nitrogen and oxygen atoms in total. The Labute approximate surface area is 110 Å². The summed E-state index contributed by atoms with van der Waals surface area (Å²) in [5, 5.41) is 16.6. The van der Waals surface area contributed by atoms with E-state index >= 15 is 0 Å². The first-order chi connectivity index (χ1) is 9.04. The molecule has 0 aliphatic heterocycles. The molecule has 0 radical (unpaired) electrons. The van der Waals surface area contributed by atoms with Crippen LogP contribution >= 0.6 is 0 Å². The highest BCUT2D eigenvalue weighted by Crippen LogP contribution is 2.03. The van der Waals surface area contributed by atoms with Crippen LogP contribution in [0.4, 0.5) is 0 Å². The molecular weight excluding hydrogens is 246 g/mol. The van der Waals surface area contributed by atoms with Gasteiger partial charge in [0.25, 0.3) is 0 Å². The Balaban J connectivity index is 2.03. The second kappa shape index (κ2) is 5.57. The van der Waals surface area contributed by atoms with Gasteiger partial charge in [0.05, 0.1) is 17.9 Å². The van der Waals surface area contributed by atoms with Crippen LogP contribution in [-0.4, -0.2) is 37.1 Å². The third-order valence-corrected chi connectivity index (χ3v) is 2.60. The van der Waals surface area contributed by atoms with Gasteiger partial charge < -0.3 is 10.8 Å². The standard InChI is InChI=1S/C12H15N5O2/c1-8-3-2-4-9(14-8)6-17-7-10(15-16-17)5-11(13)12(18)19/h2-4,7,11H,5-6,13H2,1H3,(H,18,19). The summed E-state index contributed by atoms with van der Waals surface area (Å²) in [4.78, 5) is 15.0. The van der Waals surface area contributed by atoms with Gasteiger partial charge in [0.15, 0.2) is 0 Å². The molecule has 1 unspecified atom stereocenters. The van der Waals surface area contributed by atoms with E-state index in [-0.39, 0.29) is 6.42 Å². The van der Waals surface area contributed by atoms with E-state index in [1.54, 1.807) is 10.9 Å².